The molecule has 7 nitrogen and oxygen atoms in total. The molecular formula is C35H33ClF3N3O4S. The fourth-order valence-corrected chi connectivity index (χ4v) is 6.01. The Labute approximate surface area is 280 Å². The van der Waals surface area contributed by atoms with E-state index in [0.717, 1.165) is 17.4 Å². The van der Waals surface area contributed by atoms with Gasteiger partial charge in [-0.25, -0.2) is 18.2 Å². The number of halogens is 4. The third-order valence-corrected chi connectivity index (χ3v) is 8.67. The first kappa shape index (κ1) is 33.9. The van der Waals surface area contributed by atoms with Crippen molar-refractivity contribution in [1.82, 2.24) is 9.55 Å². The summed E-state index contributed by atoms with van der Waals surface area (Å²) in [6.07, 6.45) is 2.35. The Morgan fingerprint density at radius 1 is 0.787 bits per heavy atom. The molecule has 1 aromatic heterocycles. The summed E-state index contributed by atoms with van der Waals surface area (Å²) in [5, 5.41) is 0.425. The second-order valence-electron chi connectivity index (χ2n) is 10.3. The van der Waals surface area contributed by atoms with Crippen molar-refractivity contribution in [3.8, 4) is 39.8 Å². The first-order valence-electron chi connectivity index (χ1n) is 14.5. The van der Waals surface area contributed by atoms with Gasteiger partial charge in [0.1, 0.15) is 23.2 Å². The van der Waals surface area contributed by atoms with Crippen molar-refractivity contribution in [3.63, 3.8) is 0 Å². The van der Waals surface area contributed by atoms with Crippen LogP contribution < -0.4 is 23.8 Å². The molecule has 0 radical (unpaired) electrons. The van der Waals surface area contributed by atoms with E-state index in [4.69, 9.17) is 30.5 Å². The number of benzene rings is 4. The summed E-state index contributed by atoms with van der Waals surface area (Å²) >= 11 is 6.84. The molecule has 0 spiro atoms. The molecule has 0 N–H and O–H groups in total. The highest BCUT2D eigenvalue weighted by atomic mass is 35.5. The first-order valence-corrected chi connectivity index (χ1v) is 16.1. The molecule has 47 heavy (non-hydrogen) atoms. The summed E-state index contributed by atoms with van der Waals surface area (Å²) in [5.74, 6) is 0.935. The number of methoxy groups -OCH3 is 3. The van der Waals surface area contributed by atoms with Gasteiger partial charge in [0.05, 0.1) is 39.8 Å². The van der Waals surface area contributed by atoms with E-state index in [9.17, 15) is 4.39 Å². The highest BCUT2D eigenvalue weighted by molar-refractivity contribution is 7.98. The van der Waals surface area contributed by atoms with Crippen LogP contribution in [0.5, 0.6) is 23.0 Å². The van der Waals surface area contributed by atoms with E-state index in [1.165, 1.54) is 31.4 Å². The lowest BCUT2D eigenvalue weighted by Gasteiger charge is -2.23. The molecule has 1 heterocycles. The highest BCUT2D eigenvalue weighted by Gasteiger charge is 2.21. The minimum Gasteiger partial charge on any atom is -0.494 e. The van der Waals surface area contributed by atoms with Gasteiger partial charge >= 0.3 is 0 Å². The molecule has 4 aromatic carbocycles. The van der Waals surface area contributed by atoms with E-state index in [1.807, 2.05) is 24.1 Å². The molecule has 0 bridgehead atoms. The van der Waals surface area contributed by atoms with Crippen LogP contribution in [-0.4, -0.2) is 50.4 Å². The third kappa shape index (κ3) is 7.58. The average Bonchev–Trinajstić information content (AvgIpc) is 3.51. The number of anilines is 2. The van der Waals surface area contributed by atoms with Gasteiger partial charge in [0, 0.05) is 42.1 Å². The Kier molecular flexibility index (Phi) is 11.1. The fraction of sp³-hybridized carbons (Fsp3) is 0.229. The lowest BCUT2D eigenvalue weighted by atomic mass is 10.0. The van der Waals surface area contributed by atoms with Crippen molar-refractivity contribution < 1.29 is 32.1 Å². The van der Waals surface area contributed by atoms with Crippen molar-refractivity contribution in [1.29, 1.82) is 0 Å². The first-order chi connectivity index (χ1) is 22.8. The molecule has 5 rings (SSSR count). The largest absolute Gasteiger partial charge is 0.494 e. The van der Waals surface area contributed by atoms with Crippen molar-refractivity contribution in [3.05, 3.63) is 102 Å². The van der Waals surface area contributed by atoms with Crippen molar-refractivity contribution >= 4 is 34.9 Å². The molecule has 0 fully saturated rings. The normalized spacial score (nSPS) is 11.0. The van der Waals surface area contributed by atoms with Gasteiger partial charge in [0.25, 0.3) is 0 Å². The second-order valence-corrected chi connectivity index (χ2v) is 11.6. The summed E-state index contributed by atoms with van der Waals surface area (Å²) in [7, 11) is 6.32. The lowest BCUT2D eigenvalue weighted by molar-refractivity contribution is 0.318. The summed E-state index contributed by atoms with van der Waals surface area (Å²) in [6.45, 7) is 0.486. The van der Waals surface area contributed by atoms with E-state index >= 15 is 8.78 Å². The van der Waals surface area contributed by atoms with Crippen LogP contribution in [0.1, 0.15) is 12.0 Å². The average molecular weight is 684 g/mol. The van der Waals surface area contributed by atoms with Crippen LogP contribution >= 0.6 is 23.4 Å². The van der Waals surface area contributed by atoms with E-state index in [-0.39, 0.29) is 17.1 Å². The molecule has 0 saturated carbocycles. The zero-order valence-electron chi connectivity index (χ0n) is 26.2. The molecule has 0 aliphatic rings. The second kappa shape index (κ2) is 15.4. The number of imidazole rings is 1. The van der Waals surface area contributed by atoms with Gasteiger partial charge in [-0.05, 0) is 66.1 Å². The Morgan fingerprint density at radius 2 is 1.49 bits per heavy atom. The number of ether oxygens (including phenoxy) is 4. The smallest absolute Gasteiger partial charge is 0.174 e. The maximum Gasteiger partial charge on any atom is 0.174 e. The van der Waals surface area contributed by atoms with Gasteiger partial charge in [-0.15, -0.1) is 11.6 Å². The van der Waals surface area contributed by atoms with Gasteiger partial charge in [0.15, 0.2) is 28.2 Å². The summed E-state index contributed by atoms with van der Waals surface area (Å²) < 4.78 is 68.7. The molecule has 5 aromatic rings. The Bertz CT molecular complexity index is 1820. The van der Waals surface area contributed by atoms with Crippen LogP contribution in [0.4, 0.5) is 24.7 Å². The van der Waals surface area contributed by atoms with Gasteiger partial charge in [-0.2, -0.15) is 0 Å². The molecule has 0 amide bonds. The molecule has 0 unspecified atom stereocenters. The quantitative estimate of drug-likeness (QED) is 0.0658. The van der Waals surface area contributed by atoms with Crippen LogP contribution in [0, 0.1) is 17.5 Å². The molecule has 12 heteroatoms. The lowest BCUT2D eigenvalue weighted by Crippen LogP contribution is -2.14. The minimum atomic E-state index is -0.681. The van der Waals surface area contributed by atoms with Gasteiger partial charge in [0.2, 0.25) is 0 Å². The maximum absolute atomic E-state index is 15.4. The van der Waals surface area contributed by atoms with Crippen molar-refractivity contribution in [2.24, 2.45) is 0 Å². The zero-order chi connectivity index (χ0) is 33.5. The SMILES string of the molecule is COc1cc(-n2c(N(C)c3ccc(OC)c(OC)c3)cnc2SCc2c(F)cc(-c3ccc(OCCCCl)cc3)cc2F)ccc1F. The van der Waals surface area contributed by atoms with Crippen LogP contribution in [0.25, 0.3) is 16.8 Å². The van der Waals surface area contributed by atoms with Gasteiger partial charge < -0.3 is 23.8 Å². The summed E-state index contributed by atoms with van der Waals surface area (Å²) in [5.41, 5.74) is 2.24. The molecule has 0 saturated heterocycles. The topological polar surface area (TPSA) is 58.0 Å². The fourth-order valence-electron chi connectivity index (χ4n) is 4.89. The molecule has 0 aliphatic carbocycles. The standard InChI is InChI=1S/C35H33ClF3N3O4S/c1-41(24-9-13-31(43-2)33(18-24)45-4)34-20-40-35(42(34)25-8-12-28(37)32(19-25)44-3)47-21-27-29(38)16-23(17-30(27)39)22-6-10-26(11-7-22)46-15-5-14-36/h6-13,16-20H,5,14-15,21H2,1-4H3. The van der Waals surface area contributed by atoms with E-state index in [0.29, 0.717) is 63.9 Å². The maximum atomic E-state index is 15.4. The number of aromatic nitrogens is 2. The van der Waals surface area contributed by atoms with E-state index < -0.39 is 17.5 Å². The number of thioether (sulfide) groups is 1. The monoisotopic (exact) mass is 683 g/mol. The van der Waals surface area contributed by atoms with Crippen LogP contribution in [0.2, 0.25) is 0 Å². The predicted molar refractivity (Wildman–Crippen MR) is 180 cm³/mol. The van der Waals surface area contributed by atoms with E-state index in [2.05, 4.69) is 4.98 Å². The number of alkyl halides is 1. The molecular weight excluding hydrogens is 651 g/mol. The van der Waals surface area contributed by atoms with Crippen LogP contribution in [-0.2, 0) is 5.75 Å². The number of rotatable bonds is 14. The highest BCUT2D eigenvalue weighted by Crippen LogP contribution is 2.38. The minimum absolute atomic E-state index is 0.0365. The Hall–Kier alpha value is -4.48. The summed E-state index contributed by atoms with van der Waals surface area (Å²) in [4.78, 5) is 6.46. The van der Waals surface area contributed by atoms with Crippen LogP contribution in [0.3, 0.4) is 0 Å². The van der Waals surface area contributed by atoms with E-state index in [1.54, 1.807) is 61.4 Å². The Morgan fingerprint density at radius 3 is 2.15 bits per heavy atom. The number of nitrogens with zero attached hydrogens (tertiary/aromatic N) is 3. The van der Waals surface area contributed by atoms with Crippen molar-refractivity contribution in [2.75, 3.05) is 45.8 Å². The zero-order valence-corrected chi connectivity index (χ0v) is 27.8. The molecule has 246 valence electrons. The Balaban J connectivity index is 1.45. The molecule has 0 atom stereocenters. The molecule has 0 aliphatic heterocycles. The van der Waals surface area contributed by atoms with Crippen LogP contribution in [0.15, 0.2) is 84.1 Å². The van der Waals surface area contributed by atoms with Crippen molar-refractivity contribution in [2.45, 2.75) is 17.3 Å². The predicted octanol–water partition coefficient (Wildman–Crippen LogP) is 9.05. The summed E-state index contributed by atoms with van der Waals surface area (Å²) in [6, 6.07) is 19.5. The number of hydrogen-bond acceptors (Lipinski definition) is 7. The van der Waals surface area contributed by atoms with Gasteiger partial charge in [-0.1, -0.05) is 23.9 Å². The third-order valence-electron chi connectivity index (χ3n) is 7.42. The number of hydrogen-bond donors (Lipinski definition) is 0. The van der Waals surface area contributed by atoms with Gasteiger partial charge in [-0.3, -0.25) is 4.57 Å².